The number of halogens is 1. The van der Waals surface area contributed by atoms with Crippen LogP contribution in [0.15, 0.2) is 70.3 Å². The Bertz CT molecular complexity index is 1060. The lowest BCUT2D eigenvalue weighted by Crippen LogP contribution is -2.17. The van der Waals surface area contributed by atoms with Crippen molar-refractivity contribution in [3.8, 4) is 17.3 Å². The lowest BCUT2D eigenvalue weighted by molar-refractivity contribution is 0.569. The Kier molecular flexibility index (Phi) is 3.74. The molecule has 4 aromatic rings. The average molecular weight is 382 g/mol. The summed E-state index contributed by atoms with van der Waals surface area (Å²) < 4.78 is 7.42. The maximum Gasteiger partial charge on any atom is 0.243 e. The van der Waals surface area contributed by atoms with E-state index < -0.39 is 0 Å². The zero-order valence-corrected chi connectivity index (χ0v) is 14.1. The minimum absolute atomic E-state index is 0.0737. The van der Waals surface area contributed by atoms with Crippen molar-refractivity contribution in [3.05, 3.63) is 76.9 Å². The minimum Gasteiger partial charge on any atom is -0.443 e. The number of oxazole rings is 1. The number of nitrogens with zero attached hydrogens (tertiary/aromatic N) is 3. The lowest BCUT2D eigenvalue weighted by Gasteiger charge is -2.17. The monoisotopic (exact) mass is 381 g/mol. The number of alkyl halides is 1. The summed E-state index contributed by atoms with van der Waals surface area (Å²) in [6.45, 7) is 0. The predicted molar refractivity (Wildman–Crippen MR) is 95.5 cm³/mol. The number of hydrogen-bond donors (Lipinski definition) is 0. The highest BCUT2D eigenvalue weighted by Crippen LogP contribution is 2.29. The Morgan fingerprint density at radius 2 is 1.88 bits per heavy atom. The van der Waals surface area contributed by atoms with Gasteiger partial charge in [0.15, 0.2) is 5.43 Å². The molecule has 0 unspecified atom stereocenters. The van der Waals surface area contributed by atoms with Gasteiger partial charge in [-0.25, -0.2) is 9.97 Å². The normalized spacial score (nSPS) is 11.0. The largest absolute Gasteiger partial charge is 0.443 e. The SMILES string of the molecule is O=c1c(CBr)c(-c2ncco2)n(-c2ccccc2)c2ncccc12. The standard InChI is InChI=1S/C18H12BrN3O2/c19-11-14-15(18-21-9-10-24-18)22(12-5-2-1-3-6-12)17-13(16(14)23)7-4-8-20-17/h1-10H,11H2. The molecule has 0 amide bonds. The Morgan fingerprint density at radius 3 is 2.58 bits per heavy atom. The predicted octanol–water partition coefficient (Wildman–Crippen LogP) is 3.94. The first-order valence-corrected chi connectivity index (χ1v) is 8.47. The van der Waals surface area contributed by atoms with E-state index in [1.807, 2.05) is 34.9 Å². The van der Waals surface area contributed by atoms with Crippen molar-refractivity contribution >= 4 is 27.0 Å². The first kappa shape index (κ1) is 14.8. The van der Waals surface area contributed by atoms with Crippen LogP contribution in [-0.2, 0) is 5.33 Å². The molecule has 3 heterocycles. The highest BCUT2D eigenvalue weighted by Gasteiger charge is 2.22. The molecule has 0 saturated heterocycles. The van der Waals surface area contributed by atoms with Crippen molar-refractivity contribution in [1.82, 2.24) is 14.5 Å². The summed E-state index contributed by atoms with van der Waals surface area (Å²) in [5, 5.41) is 0.951. The van der Waals surface area contributed by atoms with Crippen LogP contribution < -0.4 is 5.43 Å². The van der Waals surface area contributed by atoms with Crippen molar-refractivity contribution in [2.75, 3.05) is 0 Å². The fourth-order valence-corrected chi connectivity index (χ4v) is 3.30. The van der Waals surface area contributed by atoms with E-state index in [9.17, 15) is 4.79 Å². The molecule has 0 aliphatic carbocycles. The Hall–Kier alpha value is -2.73. The fourth-order valence-electron chi connectivity index (χ4n) is 2.78. The first-order chi connectivity index (χ1) is 11.8. The molecule has 3 aromatic heterocycles. The summed E-state index contributed by atoms with van der Waals surface area (Å²) in [5.74, 6) is 0.387. The van der Waals surface area contributed by atoms with Gasteiger partial charge in [-0.2, -0.15) is 0 Å². The number of benzene rings is 1. The molecule has 0 aliphatic rings. The van der Waals surface area contributed by atoms with Crippen molar-refractivity contribution < 1.29 is 4.42 Å². The van der Waals surface area contributed by atoms with Crippen LogP contribution >= 0.6 is 15.9 Å². The van der Waals surface area contributed by atoms with Crippen molar-refractivity contribution in [1.29, 1.82) is 0 Å². The molecule has 6 heteroatoms. The van der Waals surface area contributed by atoms with Crippen LogP contribution in [0.25, 0.3) is 28.3 Å². The molecule has 0 bridgehead atoms. The Labute approximate surface area is 145 Å². The van der Waals surface area contributed by atoms with E-state index in [-0.39, 0.29) is 5.43 Å². The third kappa shape index (κ3) is 2.27. The second-order valence-corrected chi connectivity index (χ2v) is 5.73. The second-order valence-electron chi connectivity index (χ2n) is 5.17. The van der Waals surface area contributed by atoms with Gasteiger partial charge in [-0.15, -0.1) is 0 Å². The number of fused-ring (bicyclic) bond motifs is 1. The zero-order chi connectivity index (χ0) is 16.5. The van der Waals surface area contributed by atoms with Gasteiger partial charge in [0.05, 0.1) is 11.6 Å². The number of hydrogen-bond acceptors (Lipinski definition) is 4. The number of aromatic nitrogens is 3. The highest BCUT2D eigenvalue weighted by molar-refractivity contribution is 9.08. The molecule has 4 rings (SSSR count). The third-order valence-corrected chi connectivity index (χ3v) is 4.37. The molecular weight excluding hydrogens is 370 g/mol. The van der Waals surface area contributed by atoms with E-state index in [1.54, 1.807) is 24.5 Å². The molecule has 0 radical (unpaired) electrons. The molecule has 0 fully saturated rings. The van der Waals surface area contributed by atoms with Crippen molar-refractivity contribution in [2.45, 2.75) is 5.33 Å². The van der Waals surface area contributed by atoms with Crippen molar-refractivity contribution in [3.63, 3.8) is 0 Å². The smallest absolute Gasteiger partial charge is 0.243 e. The second kappa shape index (κ2) is 6.05. The molecule has 0 N–H and O–H groups in total. The summed E-state index contributed by atoms with van der Waals surface area (Å²) >= 11 is 3.43. The molecule has 0 spiro atoms. The van der Waals surface area contributed by atoms with Gasteiger partial charge >= 0.3 is 0 Å². The van der Waals surface area contributed by atoms with E-state index in [2.05, 4.69) is 25.9 Å². The number of rotatable bonds is 3. The van der Waals surface area contributed by atoms with Crippen LogP contribution in [0.3, 0.4) is 0 Å². The van der Waals surface area contributed by atoms with Gasteiger partial charge in [0.1, 0.15) is 17.6 Å². The number of pyridine rings is 2. The van der Waals surface area contributed by atoms with Crippen LogP contribution in [-0.4, -0.2) is 14.5 Å². The molecule has 118 valence electrons. The summed E-state index contributed by atoms with van der Waals surface area (Å²) in [4.78, 5) is 21.6. The molecule has 0 atom stereocenters. The Morgan fingerprint density at radius 1 is 1.04 bits per heavy atom. The number of para-hydroxylation sites is 1. The van der Waals surface area contributed by atoms with E-state index in [1.165, 1.54) is 6.26 Å². The molecule has 0 saturated carbocycles. The quantitative estimate of drug-likeness (QED) is 0.504. The van der Waals surface area contributed by atoms with Crippen LogP contribution in [0.4, 0.5) is 0 Å². The van der Waals surface area contributed by atoms with E-state index in [0.717, 1.165) is 5.69 Å². The fraction of sp³-hybridized carbons (Fsp3) is 0.0556. The van der Waals surface area contributed by atoms with E-state index in [4.69, 9.17) is 4.42 Å². The van der Waals surface area contributed by atoms with Crippen molar-refractivity contribution in [2.24, 2.45) is 0 Å². The van der Waals surface area contributed by atoms with Gasteiger partial charge in [-0.3, -0.25) is 9.36 Å². The molecule has 24 heavy (non-hydrogen) atoms. The first-order valence-electron chi connectivity index (χ1n) is 7.35. The maximum absolute atomic E-state index is 12.9. The van der Waals surface area contributed by atoms with Crippen LogP contribution in [0, 0.1) is 0 Å². The molecule has 5 nitrogen and oxygen atoms in total. The molecular formula is C18H12BrN3O2. The molecule has 1 aromatic carbocycles. The van der Waals surface area contributed by atoms with Crippen LogP contribution in [0.5, 0.6) is 0 Å². The minimum atomic E-state index is -0.0737. The van der Waals surface area contributed by atoms with E-state index >= 15 is 0 Å². The lowest BCUT2D eigenvalue weighted by atomic mass is 10.1. The Balaban J connectivity index is 2.25. The molecule has 0 aliphatic heterocycles. The average Bonchev–Trinajstić information content (AvgIpc) is 3.16. The summed E-state index contributed by atoms with van der Waals surface area (Å²) in [6, 6.07) is 13.3. The van der Waals surface area contributed by atoms with Gasteiger partial charge in [-0.1, -0.05) is 34.1 Å². The summed E-state index contributed by atoms with van der Waals surface area (Å²) in [5.41, 5.74) is 2.58. The summed E-state index contributed by atoms with van der Waals surface area (Å²) in [6.07, 6.45) is 4.74. The van der Waals surface area contributed by atoms with Gasteiger partial charge in [0, 0.05) is 22.8 Å². The van der Waals surface area contributed by atoms with Crippen LogP contribution in [0.2, 0.25) is 0 Å². The van der Waals surface area contributed by atoms with Gasteiger partial charge in [-0.05, 0) is 24.3 Å². The van der Waals surface area contributed by atoms with Gasteiger partial charge in [0.25, 0.3) is 0 Å². The zero-order valence-electron chi connectivity index (χ0n) is 12.5. The van der Waals surface area contributed by atoms with Gasteiger partial charge in [0.2, 0.25) is 5.89 Å². The maximum atomic E-state index is 12.9. The topological polar surface area (TPSA) is 60.9 Å². The third-order valence-electron chi connectivity index (χ3n) is 3.81. The van der Waals surface area contributed by atoms with E-state index in [0.29, 0.717) is 33.5 Å². The highest BCUT2D eigenvalue weighted by atomic mass is 79.9. The van der Waals surface area contributed by atoms with Gasteiger partial charge < -0.3 is 4.42 Å². The van der Waals surface area contributed by atoms with Crippen LogP contribution in [0.1, 0.15) is 5.56 Å². The summed E-state index contributed by atoms with van der Waals surface area (Å²) in [7, 11) is 0.